The minimum atomic E-state index is -0.673. The third kappa shape index (κ3) is 7.89. The predicted molar refractivity (Wildman–Crippen MR) is 147 cm³/mol. The zero-order valence-electron chi connectivity index (χ0n) is 22.6. The lowest BCUT2D eigenvalue weighted by atomic mass is 9.98. The Kier molecular flexibility index (Phi) is 10.7. The first kappa shape index (κ1) is 28.4. The van der Waals surface area contributed by atoms with Crippen molar-refractivity contribution >= 4 is 17.7 Å². The molecule has 7 nitrogen and oxygen atoms in total. The molecule has 1 saturated heterocycles. The average molecular weight is 507 g/mol. The van der Waals surface area contributed by atoms with E-state index in [1.807, 2.05) is 57.2 Å². The van der Waals surface area contributed by atoms with Crippen LogP contribution in [0.1, 0.15) is 51.2 Å². The van der Waals surface area contributed by atoms with Crippen molar-refractivity contribution in [2.45, 2.75) is 77.0 Å². The van der Waals surface area contributed by atoms with E-state index in [1.54, 1.807) is 11.9 Å². The lowest BCUT2D eigenvalue weighted by molar-refractivity contribution is -0.142. The van der Waals surface area contributed by atoms with E-state index < -0.39 is 12.1 Å². The molecule has 3 atom stereocenters. The Bertz CT molecular complexity index is 967. The molecule has 200 valence electrons. The standard InChI is InChI=1S/C30H42N4O3/c1-5-25(31-4)28(35)33-27(21(2)3)30(37)34-18-12-17-26(34)29(36)32-24(19-22-13-8-6-9-14-22)20-23-15-10-7-11-16-23/h6-11,13-16,21,24-27,31H,5,12,17-20H2,1-4H3,(H,32,36)(H,33,35)/t25-,26-,27-/m0/s1. The monoisotopic (exact) mass is 506 g/mol. The third-order valence-electron chi connectivity index (χ3n) is 7.14. The zero-order chi connectivity index (χ0) is 26.8. The van der Waals surface area contributed by atoms with E-state index in [2.05, 4.69) is 40.2 Å². The van der Waals surface area contributed by atoms with Crippen LogP contribution in [-0.4, -0.2) is 60.4 Å². The summed E-state index contributed by atoms with van der Waals surface area (Å²) in [4.78, 5) is 41.6. The van der Waals surface area contributed by atoms with Gasteiger partial charge in [0.1, 0.15) is 12.1 Å². The van der Waals surface area contributed by atoms with Gasteiger partial charge in [0.05, 0.1) is 6.04 Å². The molecule has 1 fully saturated rings. The molecule has 37 heavy (non-hydrogen) atoms. The zero-order valence-corrected chi connectivity index (χ0v) is 22.6. The number of amides is 3. The molecule has 0 aliphatic carbocycles. The number of nitrogens with one attached hydrogen (secondary N) is 3. The number of hydrogen-bond donors (Lipinski definition) is 3. The Morgan fingerprint density at radius 3 is 1.97 bits per heavy atom. The van der Waals surface area contributed by atoms with Gasteiger partial charge in [0.15, 0.2) is 0 Å². The fourth-order valence-electron chi connectivity index (χ4n) is 5.04. The summed E-state index contributed by atoms with van der Waals surface area (Å²) in [5.74, 6) is -0.602. The van der Waals surface area contributed by atoms with Gasteiger partial charge in [-0.2, -0.15) is 0 Å². The van der Waals surface area contributed by atoms with Crippen LogP contribution in [0.5, 0.6) is 0 Å². The average Bonchev–Trinajstić information content (AvgIpc) is 3.39. The van der Waals surface area contributed by atoms with E-state index in [0.717, 1.165) is 17.5 Å². The quantitative estimate of drug-likeness (QED) is 0.413. The van der Waals surface area contributed by atoms with Crippen LogP contribution in [0.3, 0.4) is 0 Å². The number of nitrogens with zero attached hydrogens (tertiary/aromatic N) is 1. The van der Waals surface area contributed by atoms with Gasteiger partial charge in [0, 0.05) is 12.6 Å². The van der Waals surface area contributed by atoms with Crippen LogP contribution < -0.4 is 16.0 Å². The molecular formula is C30H42N4O3. The van der Waals surface area contributed by atoms with E-state index in [-0.39, 0.29) is 35.7 Å². The Balaban J connectivity index is 1.73. The van der Waals surface area contributed by atoms with Crippen LogP contribution in [0, 0.1) is 5.92 Å². The summed E-state index contributed by atoms with van der Waals surface area (Å²) in [6.45, 7) is 6.28. The van der Waals surface area contributed by atoms with Crippen molar-refractivity contribution in [3.63, 3.8) is 0 Å². The van der Waals surface area contributed by atoms with E-state index in [9.17, 15) is 14.4 Å². The molecule has 2 aromatic rings. The van der Waals surface area contributed by atoms with E-state index in [4.69, 9.17) is 0 Å². The van der Waals surface area contributed by atoms with Crippen molar-refractivity contribution in [2.75, 3.05) is 13.6 Å². The lowest BCUT2D eigenvalue weighted by Crippen LogP contribution is -2.58. The first-order chi connectivity index (χ1) is 17.8. The van der Waals surface area contributed by atoms with Crippen LogP contribution >= 0.6 is 0 Å². The molecule has 1 aliphatic rings. The number of likely N-dealkylation sites (tertiary alicyclic amines) is 1. The molecule has 0 unspecified atom stereocenters. The summed E-state index contributed by atoms with van der Waals surface area (Å²) in [5.41, 5.74) is 2.31. The molecule has 0 spiro atoms. The maximum atomic E-state index is 13.6. The topological polar surface area (TPSA) is 90.5 Å². The summed E-state index contributed by atoms with van der Waals surface area (Å²) in [5, 5.41) is 9.18. The van der Waals surface area contributed by atoms with Crippen molar-refractivity contribution in [2.24, 2.45) is 5.92 Å². The fourth-order valence-corrected chi connectivity index (χ4v) is 5.04. The molecule has 1 heterocycles. The smallest absolute Gasteiger partial charge is 0.246 e. The molecule has 0 bridgehead atoms. The van der Waals surface area contributed by atoms with Gasteiger partial charge in [0.25, 0.3) is 0 Å². The van der Waals surface area contributed by atoms with Crippen molar-refractivity contribution in [3.8, 4) is 0 Å². The maximum Gasteiger partial charge on any atom is 0.246 e. The van der Waals surface area contributed by atoms with Gasteiger partial charge >= 0.3 is 0 Å². The van der Waals surface area contributed by atoms with Crippen molar-refractivity contribution in [1.82, 2.24) is 20.9 Å². The molecule has 0 aromatic heterocycles. The summed E-state index contributed by atoms with van der Waals surface area (Å²) in [7, 11) is 1.74. The minimum Gasteiger partial charge on any atom is -0.351 e. The number of likely N-dealkylation sites (N-methyl/N-ethyl adjacent to an activating group) is 1. The fraction of sp³-hybridized carbons (Fsp3) is 0.500. The summed E-state index contributed by atoms with van der Waals surface area (Å²) in [6, 6.07) is 18.6. The van der Waals surface area contributed by atoms with Crippen LogP contribution in [-0.2, 0) is 27.2 Å². The first-order valence-electron chi connectivity index (χ1n) is 13.5. The number of rotatable bonds is 12. The third-order valence-corrected chi connectivity index (χ3v) is 7.14. The lowest BCUT2D eigenvalue weighted by Gasteiger charge is -2.32. The number of carbonyl (C=O) groups excluding carboxylic acids is 3. The predicted octanol–water partition coefficient (Wildman–Crippen LogP) is 3.09. The summed E-state index contributed by atoms with van der Waals surface area (Å²) >= 11 is 0. The van der Waals surface area contributed by atoms with Gasteiger partial charge in [-0.3, -0.25) is 14.4 Å². The molecule has 3 rings (SSSR count). The number of carbonyl (C=O) groups is 3. The normalized spacial score (nSPS) is 17.0. The molecule has 1 aliphatic heterocycles. The highest BCUT2D eigenvalue weighted by atomic mass is 16.2. The molecule has 2 aromatic carbocycles. The molecular weight excluding hydrogens is 464 g/mol. The Labute approximate surface area is 221 Å². The van der Waals surface area contributed by atoms with Gasteiger partial charge in [-0.25, -0.2) is 0 Å². The highest BCUT2D eigenvalue weighted by molar-refractivity contribution is 5.93. The highest BCUT2D eigenvalue weighted by Gasteiger charge is 2.39. The second-order valence-corrected chi connectivity index (χ2v) is 10.3. The Morgan fingerprint density at radius 1 is 0.919 bits per heavy atom. The van der Waals surface area contributed by atoms with Crippen LogP contribution in [0.2, 0.25) is 0 Å². The largest absolute Gasteiger partial charge is 0.351 e. The number of hydrogen-bond acceptors (Lipinski definition) is 4. The highest BCUT2D eigenvalue weighted by Crippen LogP contribution is 2.21. The van der Waals surface area contributed by atoms with Gasteiger partial charge in [0.2, 0.25) is 17.7 Å². The first-order valence-corrected chi connectivity index (χ1v) is 13.5. The Hall–Kier alpha value is -3.19. The van der Waals surface area contributed by atoms with Crippen molar-refractivity contribution < 1.29 is 14.4 Å². The minimum absolute atomic E-state index is 0.0981. The maximum absolute atomic E-state index is 13.6. The molecule has 0 saturated carbocycles. The van der Waals surface area contributed by atoms with Gasteiger partial charge in [-0.15, -0.1) is 0 Å². The van der Waals surface area contributed by atoms with E-state index >= 15 is 0 Å². The number of benzene rings is 2. The SMILES string of the molecule is CC[C@H](NC)C(=O)N[C@H](C(=O)N1CCC[C@H]1C(=O)NC(Cc1ccccc1)Cc1ccccc1)C(C)C. The molecule has 7 heteroatoms. The Morgan fingerprint density at radius 2 is 1.49 bits per heavy atom. The van der Waals surface area contributed by atoms with Crippen LogP contribution in [0.25, 0.3) is 0 Å². The second-order valence-electron chi connectivity index (χ2n) is 10.3. The summed E-state index contributed by atoms with van der Waals surface area (Å²) in [6.07, 6.45) is 3.41. The van der Waals surface area contributed by atoms with Crippen molar-refractivity contribution in [3.05, 3.63) is 71.8 Å². The van der Waals surface area contributed by atoms with Gasteiger partial charge in [-0.1, -0.05) is 81.4 Å². The molecule has 3 amide bonds. The molecule has 0 radical (unpaired) electrons. The molecule has 3 N–H and O–H groups in total. The van der Waals surface area contributed by atoms with Crippen LogP contribution in [0.4, 0.5) is 0 Å². The van der Waals surface area contributed by atoms with E-state index in [1.165, 1.54) is 0 Å². The second kappa shape index (κ2) is 13.9. The van der Waals surface area contributed by atoms with Crippen molar-refractivity contribution in [1.29, 1.82) is 0 Å². The summed E-state index contributed by atoms with van der Waals surface area (Å²) < 4.78 is 0. The van der Waals surface area contributed by atoms with Crippen LogP contribution in [0.15, 0.2) is 60.7 Å². The van der Waals surface area contributed by atoms with Gasteiger partial charge in [-0.05, 0) is 56.2 Å². The van der Waals surface area contributed by atoms with Gasteiger partial charge < -0.3 is 20.9 Å². The van der Waals surface area contributed by atoms with E-state index in [0.29, 0.717) is 32.2 Å².